The average molecular weight is 785 g/mol. The molecule has 19 heteroatoms. The fourth-order valence-corrected chi connectivity index (χ4v) is 10.0. The molecule has 1 amide bonds. The highest BCUT2D eigenvalue weighted by molar-refractivity contribution is 7.23. The number of nitriles is 1. The predicted molar refractivity (Wildman–Crippen MR) is 190 cm³/mol. The number of anilines is 2. The standard InChI is InChI=1S/C35H30ClF5N10O2S/c36-21-10-19-26(25(39)24(21)18-2-3-22(38)27-23(18)20(12-42)29(43)54-27)45-32(53-15-35-4-1-7-49(35)13-17(37)11-35)46-31(19)48-8-5-34(14-48)6-9-50(34)33(52)51-16-44-30(47-51)28(40)41/h2-3,10,16-17,28H,1,4-9,11,13-15,43H2/t17-,34?,35+/m1/s1. The van der Waals surface area contributed by atoms with Crippen LogP contribution in [0.5, 0.6) is 6.01 Å². The van der Waals surface area contributed by atoms with Gasteiger partial charge in [-0.05, 0) is 49.9 Å². The Morgan fingerprint density at radius 2 is 2.00 bits per heavy atom. The van der Waals surface area contributed by atoms with Crippen LogP contribution in [0, 0.1) is 23.0 Å². The molecule has 54 heavy (non-hydrogen) atoms. The zero-order chi connectivity index (χ0) is 37.7. The highest BCUT2D eigenvalue weighted by atomic mass is 35.5. The molecule has 4 saturated heterocycles. The minimum Gasteiger partial charge on any atom is -0.461 e. The zero-order valence-corrected chi connectivity index (χ0v) is 29.9. The van der Waals surface area contributed by atoms with Gasteiger partial charge in [0.15, 0.2) is 5.82 Å². The van der Waals surface area contributed by atoms with Crippen molar-refractivity contribution in [1.29, 1.82) is 5.26 Å². The molecule has 12 nitrogen and oxygen atoms in total. The number of likely N-dealkylation sites (tertiary alicyclic amines) is 1. The summed E-state index contributed by atoms with van der Waals surface area (Å²) >= 11 is 7.74. The number of thiophene rings is 1. The Morgan fingerprint density at radius 3 is 2.74 bits per heavy atom. The van der Waals surface area contributed by atoms with Crippen LogP contribution in [0.15, 0.2) is 24.5 Å². The Morgan fingerprint density at radius 1 is 1.19 bits per heavy atom. The van der Waals surface area contributed by atoms with E-state index in [0.29, 0.717) is 32.5 Å². The maximum Gasteiger partial charge on any atom is 0.346 e. The van der Waals surface area contributed by atoms with Gasteiger partial charge in [-0.2, -0.15) is 19.9 Å². The molecule has 7 heterocycles. The molecular weight excluding hydrogens is 755 g/mol. The lowest BCUT2D eigenvalue weighted by atomic mass is 9.84. The molecule has 4 aliphatic rings. The molecule has 4 aliphatic heterocycles. The normalized spacial score (nSPS) is 23.9. The summed E-state index contributed by atoms with van der Waals surface area (Å²) < 4.78 is 80.2. The summed E-state index contributed by atoms with van der Waals surface area (Å²) in [6.07, 6.45) is -0.0101. The summed E-state index contributed by atoms with van der Waals surface area (Å²) in [6, 6.07) is 5.25. The number of ether oxygens (including phenoxy) is 1. The quantitative estimate of drug-likeness (QED) is 0.185. The van der Waals surface area contributed by atoms with Gasteiger partial charge in [0.2, 0.25) is 5.82 Å². The smallest absolute Gasteiger partial charge is 0.346 e. The molecule has 2 N–H and O–H groups in total. The monoisotopic (exact) mass is 784 g/mol. The maximum absolute atomic E-state index is 17.2. The molecule has 280 valence electrons. The summed E-state index contributed by atoms with van der Waals surface area (Å²) in [7, 11) is 0. The summed E-state index contributed by atoms with van der Waals surface area (Å²) in [5, 5.41) is 13.9. The van der Waals surface area contributed by atoms with Crippen molar-refractivity contribution in [3.63, 3.8) is 0 Å². The number of hydrogen-bond acceptors (Lipinski definition) is 11. The molecular formula is C35H30ClF5N10O2S. The third kappa shape index (κ3) is 5.26. The largest absolute Gasteiger partial charge is 0.461 e. The number of nitrogens with two attached hydrogens (primary N) is 1. The molecule has 4 fully saturated rings. The summed E-state index contributed by atoms with van der Waals surface area (Å²) in [4.78, 5) is 31.7. The number of nitrogens with zero attached hydrogens (tertiary/aromatic N) is 9. The van der Waals surface area contributed by atoms with E-state index >= 15 is 4.39 Å². The lowest BCUT2D eigenvalue weighted by molar-refractivity contribution is 0.0398. The Bertz CT molecular complexity index is 2420. The van der Waals surface area contributed by atoms with Gasteiger partial charge in [0.1, 0.15) is 47.3 Å². The molecule has 5 aromatic rings. The summed E-state index contributed by atoms with van der Waals surface area (Å²) in [5.74, 6) is -1.97. The second-order valence-corrected chi connectivity index (χ2v) is 15.8. The predicted octanol–water partition coefficient (Wildman–Crippen LogP) is 6.70. The molecule has 1 spiro atoms. The van der Waals surface area contributed by atoms with Crippen molar-refractivity contribution < 1.29 is 31.5 Å². The molecule has 3 aromatic heterocycles. The van der Waals surface area contributed by atoms with Gasteiger partial charge in [-0.15, -0.1) is 16.4 Å². The minimum atomic E-state index is -2.93. The second kappa shape index (κ2) is 12.6. The van der Waals surface area contributed by atoms with Gasteiger partial charge in [-0.3, -0.25) is 4.90 Å². The average Bonchev–Trinajstić information content (AvgIpc) is 3.96. The fourth-order valence-electron chi connectivity index (χ4n) is 8.76. The highest BCUT2D eigenvalue weighted by Crippen LogP contribution is 2.48. The molecule has 1 unspecified atom stereocenters. The maximum atomic E-state index is 17.2. The van der Waals surface area contributed by atoms with Gasteiger partial charge in [0.05, 0.1) is 26.4 Å². The number of carbonyl (C=O) groups is 1. The van der Waals surface area contributed by atoms with E-state index in [9.17, 15) is 27.6 Å². The molecule has 0 radical (unpaired) electrons. The van der Waals surface area contributed by atoms with E-state index in [1.54, 1.807) is 4.90 Å². The number of halogens is 6. The molecule has 0 aliphatic carbocycles. The first-order valence-electron chi connectivity index (χ1n) is 17.3. The molecule has 0 saturated carbocycles. The van der Waals surface area contributed by atoms with Gasteiger partial charge >= 0.3 is 12.0 Å². The van der Waals surface area contributed by atoms with E-state index < -0.39 is 47.2 Å². The second-order valence-electron chi connectivity index (χ2n) is 14.3. The Labute approximate surface area is 312 Å². The number of hydrogen-bond donors (Lipinski definition) is 1. The van der Waals surface area contributed by atoms with Crippen LogP contribution in [-0.2, 0) is 0 Å². The number of alkyl halides is 3. The van der Waals surface area contributed by atoms with Crippen LogP contribution < -0.4 is 15.4 Å². The van der Waals surface area contributed by atoms with Gasteiger partial charge < -0.3 is 20.3 Å². The molecule has 0 bridgehead atoms. The van der Waals surface area contributed by atoms with Crippen molar-refractivity contribution in [3.05, 3.63) is 52.6 Å². The van der Waals surface area contributed by atoms with Crippen molar-refractivity contribution in [2.24, 2.45) is 0 Å². The number of carbonyl (C=O) groups excluding carboxylic acids is 1. The van der Waals surface area contributed by atoms with Crippen LogP contribution in [0.2, 0.25) is 5.02 Å². The summed E-state index contributed by atoms with van der Waals surface area (Å²) in [5.41, 5.74) is 4.67. The van der Waals surface area contributed by atoms with Crippen LogP contribution in [0.3, 0.4) is 0 Å². The van der Waals surface area contributed by atoms with E-state index in [4.69, 9.17) is 27.1 Å². The van der Waals surface area contributed by atoms with Gasteiger partial charge in [-0.1, -0.05) is 17.7 Å². The number of nitrogen functional groups attached to an aromatic ring is 1. The van der Waals surface area contributed by atoms with Crippen molar-refractivity contribution >= 4 is 60.8 Å². The number of amides is 1. The lowest BCUT2D eigenvalue weighted by Crippen LogP contribution is -2.64. The third-order valence-electron chi connectivity index (χ3n) is 11.4. The molecule has 3 atom stereocenters. The SMILES string of the molecule is N#Cc1c(N)sc2c(F)ccc(-c3c(Cl)cc4c(N5CCC6(CCN6C(=O)n6cnc(C(F)F)n6)C5)nc(OC[C@@]56CCCN5C[C@H](F)C6)nc4c3F)c12. The lowest BCUT2D eigenvalue weighted by Gasteiger charge is -2.50. The number of fused-ring (bicyclic) bond motifs is 3. The van der Waals surface area contributed by atoms with E-state index in [2.05, 4.69) is 20.0 Å². The highest BCUT2D eigenvalue weighted by Gasteiger charge is 2.53. The molecule has 9 rings (SSSR count). The first-order chi connectivity index (χ1) is 25.9. The van der Waals surface area contributed by atoms with Crippen molar-refractivity contribution in [1.82, 2.24) is 34.5 Å². The van der Waals surface area contributed by atoms with Gasteiger partial charge in [-0.25, -0.2) is 31.7 Å². The van der Waals surface area contributed by atoms with E-state index in [1.165, 1.54) is 12.1 Å². The first kappa shape index (κ1) is 34.9. The van der Waals surface area contributed by atoms with Crippen LogP contribution in [-0.4, -0.2) is 97.1 Å². The van der Waals surface area contributed by atoms with E-state index in [-0.39, 0.29) is 79.1 Å². The Kier molecular flexibility index (Phi) is 8.14. The number of aromatic nitrogens is 5. The fraction of sp³-hybridized carbons (Fsp3) is 0.429. The van der Waals surface area contributed by atoms with E-state index in [1.807, 2.05) is 11.0 Å². The van der Waals surface area contributed by atoms with Crippen molar-refractivity contribution in [2.45, 2.75) is 55.8 Å². The minimum absolute atomic E-state index is 0.00569. The van der Waals surface area contributed by atoms with Crippen molar-refractivity contribution in [3.8, 4) is 23.2 Å². The van der Waals surface area contributed by atoms with Crippen LogP contribution >= 0.6 is 22.9 Å². The van der Waals surface area contributed by atoms with Crippen LogP contribution in [0.25, 0.3) is 32.1 Å². The number of rotatable bonds is 6. The Hall–Kier alpha value is -4.86. The zero-order valence-electron chi connectivity index (χ0n) is 28.3. The topological polar surface area (TPSA) is 142 Å². The summed E-state index contributed by atoms with van der Waals surface area (Å²) in [6.45, 7) is 2.09. The number of benzene rings is 2. The Balaban J connectivity index is 1.13. The molecule has 2 aromatic carbocycles. The van der Waals surface area contributed by atoms with Crippen LogP contribution in [0.1, 0.15) is 49.9 Å². The van der Waals surface area contributed by atoms with E-state index in [0.717, 1.165) is 47.8 Å². The third-order valence-corrected chi connectivity index (χ3v) is 12.7. The van der Waals surface area contributed by atoms with Crippen LogP contribution in [0.4, 0.5) is 37.6 Å². The van der Waals surface area contributed by atoms with Crippen molar-refractivity contribution in [2.75, 3.05) is 50.0 Å². The van der Waals surface area contributed by atoms with Gasteiger partial charge in [0, 0.05) is 48.9 Å². The van der Waals surface area contributed by atoms with Gasteiger partial charge in [0.25, 0.3) is 6.43 Å². The first-order valence-corrected chi connectivity index (χ1v) is 18.5.